The molecule has 138 valence electrons. The highest BCUT2D eigenvalue weighted by Crippen LogP contribution is 2.33. The van der Waals surface area contributed by atoms with E-state index in [1.165, 1.54) is 11.3 Å². The number of imidazole rings is 1. The second kappa shape index (κ2) is 6.78. The normalized spacial score (nSPS) is 11.4. The van der Waals surface area contributed by atoms with E-state index in [9.17, 15) is 4.79 Å². The summed E-state index contributed by atoms with van der Waals surface area (Å²) in [6.45, 7) is 8.97. The highest BCUT2D eigenvalue weighted by atomic mass is 32.1. The Hall–Kier alpha value is -2.73. The van der Waals surface area contributed by atoms with Crippen molar-refractivity contribution in [1.29, 1.82) is 0 Å². The molecule has 0 saturated carbocycles. The minimum absolute atomic E-state index is 0.125. The number of nitrogens with zero attached hydrogens (tertiary/aromatic N) is 3. The van der Waals surface area contributed by atoms with E-state index in [-0.39, 0.29) is 5.91 Å². The van der Waals surface area contributed by atoms with Crippen LogP contribution in [0.15, 0.2) is 30.3 Å². The summed E-state index contributed by atoms with van der Waals surface area (Å²) in [4.78, 5) is 23.9. The van der Waals surface area contributed by atoms with Gasteiger partial charge in [-0.2, -0.15) is 0 Å². The first-order valence-electron chi connectivity index (χ1n) is 9.13. The number of para-hydroxylation sites is 2. The summed E-state index contributed by atoms with van der Waals surface area (Å²) < 4.78 is 2.07. The van der Waals surface area contributed by atoms with Gasteiger partial charge in [-0.05, 0) is 56.5 Å². The van der Waals surface area contributed by atoms with Crippen LogP contribution >= 0.6 is 11.3 Å². The molecule has 1 amide bonds. The van der Waals surface area contributed by atoms with Crippen molar-refractivity contribution in [2.75, 3.05) is 5.32 Å². The fourth-order valence-electron chi connectivity index (χ4n) is 3.62. The number of aromatic nitrogens is 3. The fraction of sp³-hybridized carbons (Fsp3) is 0.286. The zero-order valence-corrected chi connectivity index (χ0v) is 16.8. The number of carbonyl (C=O) groups is 1. The van der Waals surface area contributed by atoms with Crippen LogP contribution in [0.5, 0.6) is 0 Å². The van der Waals surface area contributed by atoms with Gasteiger partial charge in [0.05, 0.1) is 15.9 Å². The van der Waals surface area contributed by atoms with Crippen LogP contribution in [-0.2, 0) is 6.54 Å². The largest absolute Gasteiger partial charge is 0.310 e. The first-order valence-corrected chi connectivity index (χ1v) is 9.95. The van der Waals surface area contributed by atoms with Gasteiger partial charge in [0.25, 0.3) is 5.91 Å². The van der Waals surface area contributed by atoms with Gasteiger partial charge < -0.3 is 4.57 Å². The summed E-state index contributed by atoms with van der Waals surface area (Å²) in [5.41, 5.74) is 5.04. The van der Waals surface area contributed by atoms with Crippen LogP contribution < -0.4 is 5.32 Å². The van der Waals surface area contributed by atoms with Crippen molar-refractivity contribution in [3.63, 3.8) is 0 Å². The van der Waals surface area contributed by atoms with Crippen molar-refractivity contribution in [3.8, 4) is 0 Å². The maximum atomic E-state index is 13.1. The Labute approximate surface area is 162 Å². The van der Waals surface area contributed by atoms with Gasteiger partial charge >= 0.3 is 0 Å². The molecule has 0 bridgehead atoms. The molecule has 0 spiro atoms. The highest BCUT2D eigenvalue weighted by molar-refractivity contribution is 7.20. The number of thiophene rings is 1. The van der Waals surface area contributed by atoms with Crippen LogP contribution in [-0.4, -0.2) is 20.4 Å². The maximum Gasteiger partial charge on any atom is 0.268 e. The number of anilines is 1. The number of hydrogen-bond acceptors (Lipinski definition) is 4. The Kier molecular flexibility index (Phi) is 4.44. The second-order valence-electron chi connectivity index (χ2n) is 6.85. The molecule has 0 aliphatic carbocycles. The fourth-order valence-corrected chi connectivity index (χ4v) is 4.81. The van der Waals surface area contributed by atoms with Crippen LogP contribution in [0.1, 0.15) is 39.8 Å². The van der Waals surface area contributed by atoms with Crippen molar-refractivity contribution < 1.29 is 4.79 Å². The molecule has 0 atom stereocenters. The Bertz CT molecular complexity index is 1170. The van der Waals surface area contributed by atoms with Crippen molar-refractivity contribution >= 4 is 44.4 Å². The molecule has 0 aliphatic heterocycles. The summed E-state index contributed by atoms with van der Waals surface area (Å²) in [5, 5.41) is 4.11. The third-order valence-electron chi connectivity index (χ3n) is 4.76. The Balaban J connectivity index is 1.76. The van der Waals surface area contributed by atoms with Crippen LogP contribution in [0.25, 0.3) is 21.3 Å². The maximum absolute atomic E-state index is 13.1. The summed E-state index contributed by atoms with van der Waals surface area (Å²) >= 11 is 1.45. The molecule has 1 aromatic carbocycles. The number of fused-ring (bicyclic) bond motifs is 2. The number of benzene rings is 1. The summed E-state index contributed by atoms with van der Waals surface area (Å²) in [7, 11) is 0. The molecule has 1 N–H and O–H groups in total. The first kappa shape index (κ1) is 17.7. The van der Waals surface area contributed by atoms with Crippen LogP contribution in [0.4, 0.5) is 5.95 Å². The van der Waals surface area contributed by atoms with Gasteiger partial charge in [-0.3, -0.25) is 10.1 Å². The molecule has 0 aliphatic rings. The number of amides is 1. The molecular weight excluding hydrogens is 356 g/mol. The van der Waals surface area contributed by atoms with Crippen molar-refractivity contribution in [2.45, 2.75) is 40.7 Å². The van der Waals surface area contributed by atoms with Crippen LogP contribution in [0, 0.1) is 20.8 Å². The molecule has 0 radical (unpaired) electrons. The SMILES string of the molecule is CCCn1c(NC(=O)c2sc3nc(C)cc(C)c3c2C)nc2ccccc21. The average molecular weight is 379 g/mol. The van der Waals surface area contributed by atoms with Crippen molar-refractivity contribution in [3.05, 3.63) is 52.0 Å². The lowest BCUT2D eigenvalue weighted by molar-refractivity contribution is 0.102. The second-order valence-corrected chi connectivity index (χ2v) is 7.85. The quantitative estimate of drug-likeness (QED) is 0.529. The van der Waals surface area contributed by atoms with E-state index in [1.807, 2.05) is 38.1 Å². The van der Waals surface area contributed by atoms with Crippen LogP contribution in [0.2, 0.25) is 0 Å². The Morgan fingerprint density at radius 1 is 1.19 bits per heavy atom. The molecule has 6 heteroatoms. The van der Waals surface area contributed by atoms with Gasteiger partial charge in [0, 0.05) is 17.6 Å². The molecular formula is C21H22N4OS. The monoisotopic (exact) mass is 378 g/mol. The predicted molar refractivity (Wildman–Crippen MR) is 112 cm³/mol. The highest BCUT2D eigenvalue weighted by Gasteiger charge is 2.20. The average Bonchev–Trinajstić information content (AvgIpc) is 3.13. The summed E-state index contributed by atoms with van der Waals surface area (Å²) in [6.07, 6.45) is 0.966. The van der Waals surface area contributed by atoms with Crippen molar-refractivity contribution in [1.82, 2.24) is 14.5 Å². The van der Waals surface area contributed by atoms with E-state index in [2.05, 4.69) is 39.8 Å². The third kappa shape index (κ3) is 3.00. The van der Waals surface area contributed by atoms with Gasteiger partial charge in [0.1, 0.15) is 4.83 Å². The van der Waals surface area contributed by atoms with Gasteiger partial charge in [-0.15, -0.1) is 11.3 Å². The molecule has 27 heavy (non-hydrogen) atoms. The predicted octanol–water partition coefficient (Wildman–Crippen LogP) is 5.23. The summed E-state index contributed by atoms with van der Waals surface area (Å²) in [5.74, 6) is 0.473. The van der Waals surface area contributed by atoms with Gasteiger partial charge in [0.2, 0.25) is 5.95 Å². The standard InChI is InChI=1S/C21H22N4OS/c1-5-10-25-16-9-7-6-8-15(16)23-21(25)24-19(26)18-14(4)17-12(2)11-13(3)22-20(17)27-18/h6-9,11H,5,10H2,1-4H3,(H,23,24,26). The minimum atomic E-state index is -0.125. The molecule has 3 aromatic heterocycles. The van der Waals surface area contributed by atoms with Gasteiger partial charge in [0.15, 0.2) is 0 Å². The zero-order valence-electron chi connectivity index (χ0n) is 16.0. The zero-order chi connectivity index (χ0) is 19.1. The Morgan fingerprint density at radius 2 is 1.96 bits per heavy atom. The molecule has 5 nitrogen and oxygen atoms in total. The topological polar surface area (TPSA) is 59.8 Å². The molecule has 0 unspecified atom stereocenters. The van der Waals surface area contributed by atoms with Crippen molar-refractivity contribution in [2.24, 2.45) is 0 Å². The summed E-state index contributed by atoms with van der Waals surface area (Å²) in [6, 6.07) is 10.0. The lowest BCUT2D eigenvalue weighted by Crippen LogP contribution is -2.15. The van der Waals surface area contributed by atoms with E-state index in [0.29, 0.717) is 10.8 Å². The van der Waals surface area contributed by atoms with E-state index in [0.717, 1.165) is 51.0 Å². The number of carbonyl (C=O) groups excluding carboxylic acids is 1. The van der Waals surface area contributed by atoms with E-state index in [4.69, 9.17) is 0 Å². The van der Waals surface area contributed by atoms with Crippen LogP contribution in [0.3, 0.4) is 0 Å². The lowest BCUT2D eigenvalue weighted by atomic mass is 10.1. The lowest BCUT2D eigenvalue weighted by Gasteiger charge is -2.08. The minimum Gasteiger partial charge on any atom is -0.310 e. The van der Waals surface area contributed by atoms with Gasteiger partial charge in [-0.1, -0.05) is 19.1 Å². The van der Waals surface area contributed by atoms with E-state index in [1.54, 1.807) is 0 Å². The third-order valence-corrected chi connectivity index (χ3v) is 5.94. The number of rotatable bonds is 4. The van der Waals surface area contributed by atoms with E-state index >= 15 is 0 Å². The molecule has 4 aromatic rings. The smallest absolute Gasteiger partial charge is 0.268 e. The molecule has 3 heterocycles. The first-order chi connectivity index (χ1) is 13.0. The van der Waals surface area contributed by atoms with E-state index < -0.39 is 0 Å². The Morgan fingerprint density at radius 3 is 2.74 bits per heavy atom. The molecule has 0 saturated heterocycles. The molecule has 4 rings (SSSR count). The number of pyridine rings is 1. The number of aryl methyl sites for hydroxylation is 4. The number of nitrogens with one attached hydrogen (secondary N) is 1. The molecule has 0 fully saturated rings. The number of hydrogen-bond donors (Lipinski definition) is 1. The van der Waals surface area contributed by atoms with Gasteiger partial charge in [-0.25, -0.2) is 9.97 Å².